The van der Waals surface area contributed by atoms with Gasteiger partial charge in [-0.1, -0.05) is 23.4 Å². The van der Waals surface area contributed by atoms with Crippen LogP contribution >= 0.6 is 23.4 Å². The van der Waals surface area contributed by atoms with E-state index in [2.05, 4.69) is 15.2 Å². The highest BCUT2D eigenvalue weighted by atomic mass is 35.5. The van der Waals surface area contributed by atoms with Crippen molar-refractivity contribution in [1.29, 1.82) is 0 Å². The van der Waals surface area contributed by atoms with Crippen molar-refractivity contribution in [1.82, 2.24) is 15.2 Å². The molecule has 0 radical (unpaired) electrons. The Labute approximate surface area is 151 Å². The first-order valence-corrected chi connectivity index (χ1v) is 9.52. The number of benzene rings is 1. The van der Waals surface area contributed by atoms with E-state index in [9.17, 15) is 4.79 Å². The molecule has 6 heteroatoms. The minimum atomic E-state index is 0.0354. The number of nitrogens with zero attached hydrogens (tertiary/aromatic N) is 1. The molecule has 0 unspecified atom stereocenters. The molecule has 24 heavy (non-hydrogen) atoms. The molecule has 3 fully saturated rings. The number of H-pyrrole nitrogens is 1. The van der Waals surface area contributed by atoms with E-state index in [1.54, 1.807) is 11.8 Å². The summed E-state index contributed by atoms with van der Waals surface area (Å²) in [6.07, 6.45) is 2.42. The number of hydrogen-bond acceptors (Lipinski definition) is 3. The Kier molecular flexibility index (Phi) is 4.57. The second-order valence-corrected chi connectivity index (χ2v) is 8.04. The molecule has 5 rings (SSSR count). The first-order chi connectivity index (χ1) is 11.7. The molecule has 4 heterocycles. The lowest BCUT2D eigenvalue weighted by molar-refractivity contribution is 0.0620. The third-order valence-electron chi connectivity index (χ3n) is 4.94. The van der Waals surface area contributed by atoms with Gasteiger partial charge in [-0.2, -0.15) is 0 Å². The van der Waals surface area contributed by atoms with Crippen molar-refractivity contribution < 1.29 is 4.79 Å². The number of amides is 1. The van der Waals surface area contributed by atoms with Crippen LogP contribution < -0.4 is 5.32 Å². The number of carbonyl (C=O) groups is 1. The van der Waals surface area contributed by atoms with E-state index in [0.717, 1.165) is 22.0 Å². The number of piperidine rings is 3. The zero-order valence-corrected chi connectivity index (χ0v) is 14.9. The number of fused-ring (bicyclic) bond motifs is 3. The van der Waals surface area contributed by atoms with Crippen molar-refractivity contribution in [3.63, 3.8) is 0 Å². The summed E-state index contributed by atoms with van der Waals surface area (Å²) in [5.74, 6) is 0.680. The molecule has 1 aromatic carbocycles. The fourth-order valence-electron chi connectivity index (χ4n) is 3.59. The molecule has 3 aliphatic heterocycles. The Morgan fingerprint density at radius 3 is 2.50 bits per heavy atom. The molecule has 2 bridgehead atoms. The van der Waals surface area contributed by atoms with Crippen LogP contribution in [-0.4, -0.2) is 41.5 Å². The molecule has 0 spiro atoms. The van der Waals surface area contributed by atoms with Crippen molar-refractivity contribution in [2.24, 2.45) is 5.92 Å². The summed E-state index contributed by atoms with van der Waals surface area (Å²) in [4.78, 5) is 19.1. The van der Waals surface area contributed by atoms with Gasteiger partial charge in [-0.25, -0.2) is 0 Å². The van der Waals surface area contributed by atoms with Crippen LogP contribution in [-0.2, 0) is 0 Å². The van der Waals surface area contributed by atoms with Gasteiger partial charge in [0.2, 0.25) is 0 Å². The lowest BCUT2D eigenvalue weighted by Gasteiger charge is -2.44. The molecular weight excluding hydrogens is 342 g/mol. The number of halogens is 1. The molecule has 2 N–H and O–H groups in total. The zero-order valence-electron chi connectivity index (χ0n) is 13.3. The topological polar surface area (TPSA) is 48.1 Å². The monoisotopic (exact) mass is 361 g/mol. The molecule has 0 saturated carbocycles. The molecule has 3 aliphatic rings. The van der Waals surface area contributed by atoms with Gasteiger partial charge < -0.3 is 15.2 Å². The summed E-state index contributed by atoms with van der Waals surface area (Å²) in [5.41, 5.74) is 0.723. The van der Waals surface area contributed by atoms with Crippen LogP contribution in [0.4, 0.5) is 0 Å². The maximum Gasteiger partial charge on any atom is 0.251 e. The number of nitrogens with one attached hydrogen (secondary N) is 2. The quantitative estimate of drug-likeness (QED) is 0.874. The lowest BCUT2D eigenvalue weighted by atomic mass is 9.84. The van der Waals surface area contributed by atoms with Gasteiger partial charge in [0.15, 0.2) is 0 Å². The van der Waals surface area contributed by atoms with Crippen LogP contribution in [0, 0.1) is 5.92 Å². The summed E-state index contributed by atoms with van der Waals surface area (Å²) in [6.45, 7) is 3.37. The van der Waals surface area contributed by atoms with E-state index in [1.165, 1.54) is 25.9 Å². The van der Waals surface area contributed by atoms with Crippen LogP contribution in [0.5, 0.6) is 0 Å². The molecule has 1 atom stereocenters. The molecule has 4 nitrogen and oxygen atoms in total. The second kappa shape index (κ2) is 6.82. The van der Waals surface area contributed by atoms with Crippen LogP contribution in [0.1, 0.15) is 23.2 Å². The molecule has 1 aromatic heterocycles. The Hall–Kier alpha value is -1.43. The highest BCUT2D eigenvalue weighted by Crippen LogP contribution is 2.29. The minimum Gasteiger partial charge on any atom is -0.348 e. The molecular formula is C18H20ClN3OS. The average Bonchev–Trinajstić information content (AvgIpc) is 3.01. The summed E-state index contributed by atoms with van der Waals surface area (Å²) in [7, 11) is 0. The predicted octanol–water partition coefficient (Wildman–Crippen LogP) is 3.64. The minimum absolute atomic E-state index is 0.0354. The van der Waals surface area contributed by atoms with Gasteiger partial charge in [-0.15, -0.1) is 0 Å². The van der Waals surface area contributed by atoms with Gasteiger partial charge in [0.05, 0.1) is 5.03 Å². The summed E-state index contributed by atoms with van der Waals surface area (Å²) < 4.78 is 0. The van der Waals surface area contributed by atoms with Crippen LogP contribution in [0.25, 0.3) is 0 Å². The number of carbonyl (C=O) groups excluding carboxylic acids is 1. The first-order valence-electron chi connectivity index (χ1n) is 8.33. The van der Waals surface area contributed by atoms with Gasteiger partial charge in [0.1, 0.15) is 5.15 Å². The van der Waals surface area contributed by atoms with Crippen LogP contribution in [0.15, 0.2) is 46.3 Å². The second-order valence-electron chi connectivity index (χ2n) is 6.51. The maximum atomic E-state index is 12.5. The molecule has 0 aliphatic carbocycles. The van der Waals surface area contributed by atoms with Gasteiger partial charge in [0, 0.05) is 23.0 Å². The Balaban J connectivity index is 1.38. The normalized spacial score (nSPS) is 25.6. The fourth-order valence-corrected chi connectivity index (χ4v) is 4.64. The largest absolute Gasteiger partial charge is 0.348 e. The lowest BCUT2D eigenvalue weighted by Crippen LogP contribution is -2.57. The van der Waals surface area contributed by atoms with Crippen molar-refractivity contribution in [3.8, 4) is 0 Å². The van der Waals surface area contributed by atoms with Crippen molar-refractivity contribution in [2.45, 2.75) is 28.8 Å². The molecule has 2 aromatic rings. The summed E-state index contributed by atoms with van der Waals surface area (Å²) in [5, 5.41) is 4.85. The smallest absolute Gasteiger partial charge is 0.251 e. The molecule has 1 amide bonds. The van der Waals surface area contributed by atoms with E-state index >= 15 is 0 Å². The maximum absolute atomic E-state index is 12.5. The van der Waals surface area contributed by atoms with Gasteiger partial charge in [0.25, 0.3) is 5.91 Å². The van der Waals surface area contributed by atoms with E-state index in [1.807, 2.05) is 36.4 Å². The summed E-state index contributed by atoms with van der Waals surface area (Å²) in [6, 6.07) is 11.8. The van der Waals surface area contributed by atoms with Crippen LogP contribution in [0.2, 0.25) is 5.15 Å². The van der Waals surface area contributed by atoms with Crippen molar-refractivity contribution >= 4 is 29.3 Å². The van der Waals surface area contributed by atoms with Crippen molar-refractivity contribution in [2.75, 3.05) is 19.6 Å². The third kappa shape index (κ3) is 3.48. The Morgan fingerprint density at radius 2 is 1.92 bits per heavy atom. The highest BCUT2D eigenvalue weighted by Gasteiger charge is 2.34. The van der Waals surface area contributed by atoms with E-state index in [0.29, 0.717) is 17.1 Å². The van der Waals surface area contributed by atoms with E-state index in [-0.39, 0.29) is 5.91 Å². The number of aromatic nitrogens is 1. The SMILES string of the molecule is O=C(N[C@H]1CN2CCC1CC2)c1ccc(Sc2ccc(Cl)[nH]2)cc1. The number of rotatable bonds is 4. The summed E-state index contributed by atoms with van der Waals surface area (Å²) >= 11 is 7.48. The standard InChI is InChI=1S/C18H20ClN3OS/c19-16-5-6-17(21-16)24-14-3-1-13(2-4-14)18(23)20-15-11-22-9-7-12(15)8-10-22/h1-6,12,15,21H,7-11H2,(H,20,23)/t15-/m0/s1. The highest BCUT2D eigenvalue weighted by molar-refractivity contribution is 7.99. The number of hydrogen-bond donors (Lipinski definition) is 2. The molecule has 3 saturated heterocycles. The zero-order chi connectivity index (χ0) is 16.5. The molecule has 126 valence electrons. The van der Waals surface area contributed by atoms with Crippen LogP contribution in [0.3, 0.4) is 0 Å². The Morgan fingerprint density at radius 1 is 1.17 bits per heavy atom. The predicted molar refractivity (Wildman–Crippen MR) is 96.8 cm³/mol. The Bertz CT molecular complexity index is 722. The fraction of sp³-hybridized carbons (Fsp3) is 0.389. The van der Waals surface area contributed by atoms with Gasteiger partial charge in [-0.3, -0.25) is 4.79 Å². The third-order valence-corrected chi connectivity index (χ3v) is 6.13. The van der Waals surface area contributed by atoms with Gasteiger partial charge >= 0.3 is 0 Å². The van der Waals surface area contributed by atoms with Crippen molar-refractivity contribution in [3.05, 3.63) is 47.1 Å². The van der Waals surface area contributed by atoms with E-state index < -0.39 is 0 Å². The van der Waals surface area contributed by atoms with Gasteiger partial charge in [-0.05, 0) is 68.2 Å². The van der Waals surface area contributed by atoms with E-state index in [4.69, 9.17) is 11.6 Å². The average molecular weight is 362 g/mol. The number of aromatic amines is 1. The first kappa shape index (κ1) is 16.1.